The summed E-state index contributed by atoms with van der Waals surface area (Å²) in [7, 11) is 0. The Balaban J connectivity index is 3.67. The first kappa shape index (κ1) is 12.8. The van der Waals surface area contributed by atoms with E-state index < -0.39 is 18.2 Å². The summed E-state index contributed by atoms with van der Waals surface area (Å²) >= 11 is 0. The minimum absolute atomic E-state index is 0.361. The van der Waals surface area contributed by atoms with Crippen molar-refractivity contribution in [1.82, 2.24) is 5.32 Å². The number of aliphatic hydroxyl groups is 1. The first-order chi connectivity index (χ1) is 6.61. The second-order valence-corrected chi connectivity index (χ2v) is 3.03. The summed E-state index contributed by atoms with van der Waals surface area (Å²) in [6.45, 7) is 3.99. The van der Waals surface area contributed by atoms with Gasteiger partial charge in [0, 0.05) is 0 Å². The molecule has 80 valence electrons. The quantitative estimate of drug-likeness (QED) is 0.396. The number of rotatable bonds is 5. The zero-order chi connectivity index (χ0) is 11.0. The number of terminal acetylenes is 1. The molecule has 0 fully saturated rings. The largest absolute Gasteiger partial charge is 0.450 e. The average Bonchev–Trinajstić information content (AvgIpc) is 2.16. The predicted octanol–water partition coefficient (Wildman–Crippen LogP) is 1.10. The van der Waals surface area contributed by atoms with Gasteiger partial charge in [-0.2, -0.15) is 0 Å². The number of unbranched alkanes of at least 4 members (excludes halogenated alkanes) is 1. The molecule has 0 aliphatic rings. The molecule has 0 bridgehead atoms. The smallest absolute Gasteiger partial charge is 0.409 e. The fourth-order valence-corrected chi connectivity index (χ4v) is 0.688. The molecule has 0 heterocycles. The zero-order valence-electron chi connectivity index (χ0n) is 8.62. The number of ether oxygens (including phenoxy) is 1. The van der Waals surface area contributed by atoms with E-state index in [0.29, 0.717) is 6.61 Å². The summed E-state index contributed by atoms with van der Waals surface area (Å²) in [5.41, 5.74) is 0. The summed E-state index contributed by atoms with van der Waals surface area (Å²) in [4.78, 5) is 11.0. The summed E-state index contributed by atoms with van der Waals surface area (Å²) in [5, 5.41) is 11.5. The van der Waals surface area contributed by atoms with E-state index in [4.69, 9.17) is 11.2 Å². The van der Waals surface area contributed by atoms with Crippen LogP contribution in [0.4, 0.5) is 4.79 Å². The van der Waals surface area contributed by atoms with Crippen LogP contribution in [0.3, 0.4) is 0 Å². The highest BCUT2D eigenvalue weighted by Gasteiger charge is 2.14. The van der Waals surface area contributed by atoms with E-state index in [1.54, 1.807) is 6.92 Å². The Labute approximate surface area is 84.6 Å². The van der Waals surface area contributed by atoms with Gasteiger partial charge in [0.25, 0.3) is 0 Å². The van der Waals surface area contributed by atoms with Gasteiger partial charge in [-0.15, -0.1) is 6.42 Å². The molecular formula is C10H17NO3. The molecule has 0 aromatic heterocycles. The average molecular weight is 199 g/mol. The van der Waals surface area contributed by atoms with Crippen LogP contribution in [0.15, 0.2) is 0 Å². The predicted molar refractivity (Wildman–Crippen MR) is 53.4 cm³/mol. The number of hydrogen-bond acceptors (Lipinski definition) is 3. The lowest BCUT2D eigenvalue weighted by Gasteiger charge is -2.15. The van der Waals surface area contributed by atoms with Gasteiger partial charge in [-0.05, 0) is 13.3 Å². The maximum absolute atomic E-state index is 11.0. The van der Waals surface area contributed by atoms with E-state index in [0.717, 1.165) is 12.8 Å². The van der Waals surface area contributed by atoms with Gasteiger partial charge < -0.3 is 9.84 Å². The van der Waals surface area contributed by atoms with Crippen LogP contribution in [0, 0.1) is 18.3 Å². The summed E-state index contributed by atoms with van der Waals surface area (Å²) in [6.07, 6.45) is 5.16. The van der Waals surface area contributed by atoms with Crippen LogP contribution in [0.1, 0.15) is 26.7 Å². The van der Waals surface area contributed by atoms with Gasteiger partial charge >= 0.3 is 6.09 Å². The summed E-state index contributed by atoms with van der Waals surface area (Å²) in [5.74, 6) is 1.89. The molecule has 0 saturated heterocycles. The van der Waals surface area contributed by atoms with Crippen LogP contribution < -0.4 is 5.32 Å². The van der Waals surface area contributed by atoms with Crippen LogP contribution in [-0.2, 0) is 4.74 Å². The lowest BCUT2D eigenvalue weighted by Crippen LogP contribution is -2.39. The number of amides is 1. The fraction of sp³-hybridized carbons (Fsp3) is 0.700. The molecule has 2 unspecified atom stereocenters. The standard InChI is InChI=1S/C10H17NO3/c1-4-6-7-14-10(13)11-9(12)8(3)5-2/h2,8-9,12H,4,6-7H2,1,3H3,(H,11,13). The molecule has 0 aromatic carbocycles. The van der Waals surface area contributed by atoms with Crippen molar-refractivity contribution in [1.29, 1.82) is 0 Å². The number of hydrogen-bond donors (Lipinski definition) is 2. The highest BCUT2D eigenvalue weighted by Crippen LogP contribution is 1.98. The van der Waals surface area contributed by atoms with Crippen molar-refractivity contribution in [3.63, 3.8) is 0 Å². The van der Waals surface area contributed by atoms with E-state index in [1.807, 2.05) is 6.92 Å². The highest BCUT2D eigenvalue weighted by molar-refractivity contribution is 5.67. The van der Waals surface area contributed by atoms with Crippen molar-refractivity contribution in [2.75, 3.05) is 6.61 Å². The molecule has 0 rings (SSSR count). The third-order valence-corrected chi connectivity index (χ3v) is 1.73. The summed E-state index contributed by atoms with van der Waals surface area (Å²) < 4.78 is 4.77. The van der Waals surface area contributed by atoms with E-state index in [-0.39, 0.29) is 0 Å². The van der Waals surface area contributed by atoms with Crippen LogP contribution in [0.5, 0.6) is 0 Å². The molecule has 0 aliphatic carbocycles. The minimum Gasteiger partial charge on any atom is -0.450 e. The van der Waals surface area contributed by atoms with Gasteiger partial charge in [-0.25, -0.2) is 4.79 Å². The molecule has 0 saturated carbocycles. The number of aliphatic hydroxyl groups excluding tert-OH is 1. The molecular weight excluding hydrogens is 182 g/mol. The van der Waals surface area contributed by atoms with Crippen molar-refractivity contribution in [2.24, 2.45) is 5.92 Å². The van der Waals surface area contributed by atoms with Crippen molar-refractivity contribution in [2.45, 2.75) is 32.9 Å². The van der Waals surface area contributed by atoms with Gasteiger partial charge in [-0.1, -0.05) is 19.3 Å². The molecule has 0 aliphatic heterocycles. The van der Waals surface area contributed by atoms with E-state index >= 15 is 0 Å². The number of carbonyl (C=O) groups excluding carboxylic acids is 1. The molecule has 4 nitrogen and oxygen atoms in total. The van der Waals surface area contributed by atoms with Crippen molar-refractivity contribution >= 4 is 6.09 Å². The molecule has 0 radical (unpaired) electrons. The summed E-state index contributed by atoms with van der Waals surface area (Å²) in [6, 6.07) is 0. The van der Waals surface area contributed by atoms with E-state index in [9.17, 15) is 9.90 Å². The second-order valence-electron chi connectivity index (χ2n) is 3.03. The third-order valence-electron chi connectivity index (χ3n) is 1.73. The fourth-order valence-electron chi connectivity index (χ4n) is 0.688. The van der Waals surface area contributed by atoms with Crippen LogP contribution in [0.2, 0.25) is 0 Å². The molecule has 14 heavy (non-hydrogen) atoms. The molecule has 2 atom stereocenters. The Hall–Kier alpha value is -1.21. The number of carbonyl (C=O) groups is 1. The van der Waals surface area contributed by atoms with Crippen molar-refractivity contribution in [3.05, 3.63) is 0 Å². The van der Waals surface area contributed by atoms with Crippen LogP contribution in [-0.4, -0.2) is 24.0 Å². The SMILES string of the molecule is C#CC(C)C(O)NC(=O)OCCCC. The van der Waals surface area contributed by atoms with Crippen LogP contribution >= 0.6 is 0 Å². The Bertz CT molecular complexity index is 210. The lowest BCUT2D eigenvalue weighted by atomic mass is 10.2. The van der Waals surface area contributed by atoms with Gasteiger partial charge in [0.05, 0.1) is 12.5 Å². The third kappa shape index (κ3) is 5.44. The van der Waals surface area contributed by atoms with Gasteiger partial charge in [0.2, 0.25) is 0 Å². The first-order valence-corrected chi connectivity index (χ1v) is 4.69. The van der Waals surface area contributed by atoms with Gasteiger partial charge in [0.1, 0.15) is 6.23 Å². The molecule has 0 spiro atoms. The number of nitrogens with one attached hydrogen (secondary N) is 1. The monoisotopic (exact) mass is 199 g/mol. The highest BCUT2D eigenvalue weighted by atomic mass is 16.5. The van der Waals surface area contributed by atoms with Gasteiger partial charge in [-0.3, -0.25) is 5.32 Å². The molecule has 0 aromatic rings. The topological polar surface area (TPSA) is 58.6 Å². The van der Waals surface area contributed by atoms with E-state index in [2.05, 4.69) is 11.2 Å². The maximum atomic E-state index is 11.0. The van der Waals surface area contributed by atoms with Gasteiger partial charge in [0.15, 0.2) is 0 Å². The van der Waals surface area contributed by atoms with Crippen molar-refractivity contribution < 1.29 is 14.6 Å². The second kappa shape index (κ2) is 7.22. The number of alkyl carbamates (subject to hydrolysis) is 1. The Morgan fingerprint density at radius 3 is 2.86 bits per heavy atom. The molecule has 4 heteroatoms. The first-order valence-electron chi connectivity index (χ1n) is 4.69. The Morgan fingerprint density at radius 2 is 2.36 bits per heavy atom. The Morgan fingerprint density at radius 1 is 1.71 bits per heavy atom. The minimum atomic E-state index is -1.05. The molecule has 1 amide bonds. The van der Waals surface area contributed by atoms with Crippen LogP contribution in [0.25, 0.3) is 0 Å². The zero-order valence-corrected chi connectivity index (χ0v) is 8.62. The Kier molecular flexibility index (Phi) is 6.59. The van der Waals surface area contributed by atoms with Crippen molar-refractivity contribution in [3.8, 4) is 12.3 Å². The lowest BCUT2D eigenvalue weighted by molar-refractivity contribution is 0.0812. The maximum Gasteiger partial charge on any atom is 0.409 e. The molecule has 2 N–H and O–H groups in total. The van der Waals surface area contributed by atoms with E-state index in [1.165, 1.54) is 0 Å². The normalized spacial score (nSPS) is 13.9.